The van der Waals surface area contributed by atoms with E-state index in [1.54, 1.807) is 13.0 Å². The topological polar surface area (TPSA) is 38.3 Å². The quantitative estimate of drug-likeness (QED) is 0.839. The predicted octanol–water partition coefficient (Wildman–Crippen LogP) is 4.00. The first-order valence-corrected chi connectivity index (χ1v) is 7.17. The van der Waals surface area contributed by atoms with Gasteiger partial charge < -0.3 is 10.1 Å². The SMILES string of the molecule is COc1ccc(/C=C/C(=O)N[C@@H](C)c2ccc(F)cc2F)cc1F. The van der Waals surface area contributed by atoms with Crippen molar-refractivity contribution in [1.82, 2.24) is 5.32 Å². The van der Waals surface area contributed by atoms with Gasteiger partial charge in [-0.1, -0.05) is 12.1 Å². The van der Waals surface area contributed by atoms with Crippen LogP contribution in [0.15, 0.2) is 42.5 Å². The number of rotatable bonds is 5. The van der Waals surface area contributed by atoms with E-state index in [0.29, 0.717) is 5.56 Å². The van der Waals surface area contributed by atoms with Crippen molar-refractivity contribution in [2.75, 3.05) is 7.11 Å². The molecule has 24 heavy (non-hydrogen) atoms. The summed E-state index contributed by atoms with van der Waals surface area (Å²) >= 11 is 0. The Morgan fingerprint density at radius 3 is 2.50 bits per heavy atom. The van der Waals surface area contributed by atoms with Crippen molar-refractivity contribution < 1.29 is 22.7 Å². The Morgan fingerprint density at radius 1 is 1.12 bits per heavy atom. The van der Waals surface area contributed by atoms with Gasteiger partial charge in [-0.3, -0.25) is 4.79 Å². The molecule has 0 saturated heterocycles. The van der Waals surface area contributed by atoms with Gasteiger partial charge in [0.2, 0.25) is 5.91 Å². The van der Waals surface area contributed by atoms with Crippen LogP contribution >= 0.6 is 0 Å². The lowest BCUT2D eigenvalue weighted by atomic mass is 10.1. The summed E-state index contributed by atoms with van der Waals surface area (Å²) in [6.07, 6.45) is 2.63. The number of amides is 1. The highest BCUT2D eigenvalue weighted by molar-refractivity contribution is 5.92. The maximum absolute atomic E-state index is 13.7. The van der Waals surface area contributed by atoms with Gasteiger partial charge in [-0.2, -0.15) is 0 Å². The Bertz CT molecular complexity index is 775. The van der Waals surface area contributed by atoms with Gasteiger partial charge in [0.1, 0.15) is 11.6 Å². The molecule has 0 radical (unpaired) electrons. The molecule has 2 aromatic rings. The van der Waals surface area contributed by atoms with E-state index in [2.05, 4.69) is 5.32 Å². The minimum absolute atomic E-state index is 0.108. The number of nitrogens with one attached hydrogen (secondary N) is 1. The van der Waals surface area contributed by atoms with Crippen LogP contribution in [0.25, 0.3) is 6.08 Å². The Labute approximate surface area is 137 Å². The first-order chi connectivity index (χ1) is 11.4. The number of carbonyl (C=O) groups is 1. The molecule has 0 aliphatic heterocycles. The number of hydrogen-bond donors (Lipinski definition) is 1. The van der Waals surface area contributed by atoms with Crippen LogP contribution in [0.1, 0.15) is 24.1 Å². The van der Waals surface area contributed by atoms with E-state index >= 15 is 0 Å². The van der Waals surface area contributed by atoms with Crippen LogP contribution in [0.2, 0.25) is 0 Å². The Morgan fingerprint density at radius 2 is 1.88 bits per heavy atom. The second-order valence-electron chi connectivity index (χ2n) is 5.12. The van der Waals surface area contributed by atoms with Crippen molar-refractivity contribution in [3.05, 3.63) is 71.1 Å². The van der Waals surface area contributed by atoms with Gasteiger partial charge in [-0.25, -0.2) is 13.2 Å². The molecule has 0 aliphatic rings. The van der Waals surface area contributed by atoms with E-state index in [1.165, 1.54) is 37.5 Å². The Kier molecular flexibility index (Phi) is 5.63. The molecule has 1 atom stereocenters. The lowest BCUT2D eigenvalue weighted by Crippen LogP contribution is -2.25. The molecule has 0 spiro atoms. The molecule has 3 nitrogen and oxygen atoms in total. The van der Waals surface area contributed by atoms with Crippen molar-refractivity contribution in [3.63, 3.8) is 0 Å². The van der Waals surface area contributed by atoms with E-state index in [1.807, 2.05) is 0 Å². The van der Waals surface area contributed by atoms with Crippen LogP contribution in [0, 0.1) is 17.5 Å². The molecule has 0 fully saturated rings. The molecule has 2 rings (SSSR count). The monoisotopic (exact) mass is 335 g/mol. The van der Waals surface area contributed by atoms with E-state index in [-0.39, 0.29) is 11.3 Å². The molecule has 1 N–H and O–H groups in total. The molecule has 6 heteroatoms. The lowest BCUT2D eigenvalue weighted by Gasteiger charge is -2.13. The molecule has 0 saturated carbocycles. The predicted molar refractivity (Wildman–Crippen MR) is 84.9 cm³/mol. The first kappa shape index (κ1) is 17.6. The molecule has 126 valence electrons. The minimum Gasteiger partial charge on any atom is -0.494 e. The molecular weight excluding hydrogens is 319 g/mol. The summed E-state index contributed by atoms with van der Waals surface area (Å²) in [5.41, 5.74) is 0.651. The summed E-state index contributed by atoms with van der Waals surface area (Å²) in [4.78, 5) is 11.9. The lowest BCUT2D eigenvalue weighted by molar-refractivity contribution is -0.117. The maximum Gasteiger partial charge on any atom is 0.244 e. The standard InChI is InChI=1S/C18H16F3NO2/c1-11(14-6-5-13(19)10-15(14)20)22-18(23)8-4-12-3-7-17(24-2)16(21)9-12/h3-11H,1-2H3,(H,22,23)/b8-4+/t11-/m0/s1. The molecule has 0 heterocycles. The van der Waals surface area contributed by atoms with Gasteiger partial charge in [0.05, 0.1) is 13.2 Å². The smallest absolute Gasteiger partial charge is 0.244 e. The zero-order chi connectivity index (χ0) is 17.7. The van der Waals surface area contributed by atoms with Crippen molar-refractivity contribution in [1.29, 1.82) is 0 Å². The fraction of sp³-hybridized carbons (Fsp3) is 0.167. The number of benzene rings is 2. The molecule has 0 unspecified atom stereocenters. The zero-order valence-corrected chi connectivity index (χ0v) is 13.1. The van der Waals surface area contributed by atoms with Crippen LogP contribution in [-0.4, -0.2) is 13.0 Å². The number of carbonyl (C=O) groups excluding carboxylic acids is 1. The molecular formula is C18H16F3NO2. The zero-order valence-electron chi connectivity index (χ0n) is 13.1. The van der Waals surface area contributed by atoms with Gasteiger partial charge >= 0.3 is 0 Å². The van der Waals surface area contributed by atoms with E-state index in [0.717, 1.165) is 12.1 Å². The number of ether oxygens (including phenoxy) is 1. The summed E-state index contributed by atoms with van der Waals surface area (Å²) in [6, 6.07) is 6.78. The number of halogens is 3. The largest absolute Gasteiger partial charge is 0.494 e. The number of methoxy groups -OCH3 is 1. The molecule has 1 amide bonds. The summed E-state index contributed by atoms with van der Waals surface area (Å²) < 4.78 is 44.9. The highest BCUT2D eigenvalue weighted by Gasteiger charge is 2.13. The van der Waals surface area contributed by atoms with Crippen molar-refractivity contribution in [2.45, 2.75) is 13.0 Å². The van der Waals surface area contributed by atoms with Crippen LogP contribution < -0.4 is 10.1 Å². The second-order valence-corrected chi connectivity index (χ2v) is 5.12. The minimum atomic E-state index is -0.732. The average molecular weight is 335 g/mol. The van der Waals surface area contributed by atoms with E-state index < -0.39 is 29.4 Å². The Balaban J connectivity index is 2.03. The fourth-order valence-electron chi connectivity index (χ4n) is 2.15. The third-order valence-electron chi connectivity index (χ3n) is 3.39. The summed E-state index contributed by atoms with van der Waals surface area (Å²) in [7, 11) is 1.36. The molecule has 0 aliphatic carbocycles. The van der Waals surface area contributed by atoms with Gasteiger partial charge in [-0.15, -0.1) is 0 Å². The second kappa shape index (κ2) is 7.68. The third-order valence-corrected chi connectivity index (χ3v) is 3.39. The van der Waals surface area contributed by atoms with E-state index in [9.17, 15) is 18.0 Å². The summed E-state index contributed by atoms with van der Waals surface area (Å²) in [5, 5.41) is 2.56. The summed E-state index contributed by atoms with van der Waals surface area (Å²) in [6.45, 7) is 1.58. The van der Waals surface area contributed by atoms with Gasteiger partial charge in [0.25, 0.3) is 0 Å². The van der Waals surface area contributed by atoms with Crippen LogP contribution in [0.5, 0.6) is 5.75 Å². The summed E-state index contributed by atoms with van der Waals surface area (Å²) in [5.74, 6) is -2.33. The van der Waals surface area contributed by atoms with Crippen LogP contribution in [0.4, 0.5) is 13.2 Å². The van der Waals surface area contributed by atoms with Gasteiger partial charge in [0.15, 0.2) is 11.6 Å². The Hall–Kier alpha value is -2.76. The fourth-order valence-corrected chi connectivity index (χ4v) is 2.15. The maximum atomic E-state index is 13.7. The van der Waals surface area contributed by atoms with Crippen molar-refractivity contribution >= 4 is 12.0 Å². The third kappa shape index (κ3) is 4.38. The van der Waals surface area contributed by atoms with Gasteiger partial charge in [0, 0.05) is 17.7 Å². The van der Waals surface area contributed by atoms with Crippen LogP contribution in [0.3, 0.4) is 0 Å². The normalized spacial score (nSPS) is 12.2. The first-order valence-electron chi connectivity index (χ1n) is 7.17. The highest BCUT2D eigenvalue weighted by Crippen LogP contribution is 2.19. The molecule has 0 aromatic heterocycles. The van der Waals surface area contributed by atoms with Crippen molar-refractivity contribution in [2.24, 2.45) is 0 Å². The molecule has 0 bridgehead atoms. The van der Waals surface area contributed by atoms with Gasteiger partial charge in [-0.05, 0) is 36.8 Å². The number of hydrogen-bond acceptors (Lipinski definition) is 2. The van der Waals surface area contributed by atoms with Crippen LogP contribution in [-0.2, 0) is 4.79 Å². The molecule has 2 aromatic carbocycles. The highest BCUT2D eigenvalue weighted by atomic mass is 19.1. The van der Waals surface area contributed by atoms with Crippen molar-refractivity contribution in [3.8, 4) is 5.75 Å². The average Bonchev–Trinajstić information content (AvgIpc) is 2.52. The van der Waals surface area contributed by atoms with E-state index in [4.69, 9.17) is 4.74 Å².